The van der Waals surface area contributed by atoms with Crippen molar-refractivity contribution in [2.75, 3.05) is 0 Å². The summed E-state index contributed by atoms with van der Waals surface area (Å²) < 4.78 is 13.4. The molecule has 126 valence electrons. The van der Waals surface area contributed by atoms with Crippen LogP contribution in [0.4, 0.5) is 4.39 Å². The van der Waals surface area contributed by atoms with E-state index in [9.17, 15) is 14.3 Å². The van der Waals surface area contributed by atoms with Gasteiger partial charge in [0.2, 0.25) is 0 Å². The molecule has 0 amide bonds. The average Bonchev–Trinajstić information content (AvgIpc) is 2.46. The van der Waals surface area contributed by atoms with Crippen molar-refractivity contribution < 1.29 is 14.3 Å². The summed E-state index contributed by atoms with van der Waals surface area (Å²) in [5.41, 5.74) is 1.38. The highest BCUT2D eigenvalue weighted by atomic mass is 19.1. The molecule has 0 aromatic rings. The molecular formula is C19H26FNO2. The van der Waals surface area contributed by atoms with Crippen LogP contribution in [-0.4, -0.2) is 17.1 Å². The van der Waals surface area contributed by atoms with Gasteiger partial charge < -0.3 is 10.4 Å². The second-order valence-corrected chi connectivity index (χ2v) is 6.07. The molecule has 0 aliphatic heterocycles. The second-order valence-electron chi connectivity index (χ2n) is 6.07. The molecule has 23 heavy (non-hydrogen) atoms. The zero-order valence-corrected chi connectivity index (χ0v) is 14.3. The molecule has 0 saturated heterocycles. The summed E-state index contributed by atoms with van der Waals surface area (Å²) in [4.78, 5) is 11.4. The molecule has 3 nitrogen and oxygen atoms in total. The van der Waals surface area contributed by atoms with Gasteiger partial charge in [-0.1, -0.05) is 58.7 Å². The fourth-order valence-electron chi connectivity index (χ4n) is 1.48. The molecule has 4 heteroatoms. The Morgan fingerprint density at radius 1 is 1.26 bits per heavy atom. The van der Waals surface area contributed by atoms with Gasteiger partial charge in [0.25, 0.3) is 0 Å². The highest BCUT2D eigenvalue weighted by Gasteiger charge is 2.20. The third kappa shape index (κ3) is 7.45. The zero-order valence-electron chi connectivity index (χ0n) is 14.3. The number of carboxylic acids is 1. The lowest BCUT2D eigenvalue weighted by atomic mass is 9.87. The van der Waals surface area contributed by atoms with Gasteiger partial charge in [0.1, 0.15) is 5.83 Å². The van der Waals surface area contributed by atoms with Crippen LogP contribution in [0.5, 0.6) is 0 Å². The maximum atomic E-state index is 13.4. The SMILES string of the molecule is C=C/C(=C\C(F)=C/C)C(NC(=C)/C=C\C(=C)C(C)(C)C)C(=O)O. The van der Waals surface area contributed by atoms with Gasteiger partial charge in [0, 0.05) is 5.70 Å². The van der Waals surface area contributed by atoms with Crippen molar-refractivity contribution in [1.29, 1.82) is 0 Å². The summed E-state index contributed by atoms with van der Waals surface area (Å²) in [7, 11) is 0. The van der Waals surface area contributed by atoms with Crippen molar-refractivity contribution in [2.45, 2.75) is 33.7 Å². The third-order valence-electron chi connectivity index (χ3n) is 3.18. The number of carboxylic acid groups (broad SMARTS) is 1. The number of nitrogens with one attached hydrogen (secondary N) is 1. The van der Waals surface area contributed by atoms with Gasteiger partial charge in [0.05, 0.1) is 0 Å². The van der Waals surface area contributed by atoms with Crippen LogP contribution in [0.1, 0.15) is 27.7 Å². The molecule has 0 spiro atoms. The quantitative estimate of drug-likeness (QED) is 0.638. The Morgan fingerprint density at radius 2 is 1.83 bits per heavy atom. The molecule has 0 bridgehead atoms. The minimum atomic E-state index is -1.15. The van der Waals surface area contributed by atoms with E-state index in [-0.39, 0.29) is 11.0 Å². The van der Waals surface area contributed by atoms with Gasteiger partial charge in [-0.15, -0.1) is 0 Å². The molecule has 1 unspecified atom stereocenters. The van der Waals surface area contributed by atoms with E-state index >= 15 is 0 Å². The molecule has 0 radical (unpaired) electrons. The van der Waals surface area contributed by atoms with E-state index in [1.165, 1.54) is 19.1 Å². The lowest BCUT2D eigenvalue weighted by molar-refractivity contribution is -0.138. The Kier molecular flexibility index (Phi) is 8.02. The molecule has 0 rings (SSSR count). The molecule has 0 heterocycles. The van der Waals surface area contributed by atoms with Gasteiger partial charge >= 0.3 is 5.97 Å². The first-order valence-electron chi connectivity index (χ1n) is 7.24. The fourth-order valence-corrected chi connectivity index (χ4v) is 1.48. The Bertz CT molecular complexity index is 575. The predicted octanol–water partition coefficient (Wildman–Crippen LogP) is 4.69. The number of allylic oxidation sites excluding steroid dienone is 6. The van der Waals surface area contributed by atoms with Crippen LogP contribution in [-0.2, 0) is 4.79 Å². The molecule has 0 aromatic carbocycles. The van der Waals surface area contributed by atoms with Crippen LogP contribution in [0, 0.1) is 5.41 Å². The van der Waals surface area contributed by atoms with Crippen molar-refractivity contribution >= 4 is 5.97 Å². The van der Waals surface area contributed by atoms with Crippen molar-refractivity contribution in [3.8, 4) is 0 Å². The van der Waals surface area contributed by atoms with E-state index in [2.05, 4.69) is 25.1 Å². The van der Waals surface area contributed by atoms with E-state index in [1.54, 1.807) is 12.2 Å². The average molecular weight is 319 g/mol. The first-order chi connectivity index (χ1) is 10.5. The van der Waals surface area contributed by atoms with Crippen LogP contribution < -0.4 is 5.32 Å². The minimum Gasteiger partial charge on any atom is -0.479 e. The largest absolute Gasteiger partial charge is 0.479 e. The van der Waals surface area contributed by atoms with Crippen LogP contribution in [0.2, 0.25) is 0 Å². The van der Waals surface area contributed by atoms with Crippen LogP contribution in [0.15, 0.2) is 72.8 Å². The second kappa shape index (κ2) is 8.93. The van der Waals surface area contributed by atoms with Crippen LogP contribution >= 0.6 is 0 Å². The van der Waals surface area contributed by atoms with Crippen LogP contribution in [0.3, 0.4) is 0 Å². The number of hydrogen-bond acceptors (Lipinski definition) is 2. The smallest absolute Gasteiger partial charge is 0.330 e. The maximum absolute atomic E-state index is 13.4. The lowest BCUT2D eigenvalue weighted by Gasteiger charge is -2.20. The Morgan fingerprint density at radius 3 is 2.22 bits per heavy atom. The monoisotopic (exact) mass is 319 g/mol. The van der Waals surface area contributed by atoms with Gasteiger partial charge in [-0.2, -0.15) is 0 Å². The van der Waals surface area contributed by atoms with Gasteiger partial charge in [-0.3, -0.25) is 0 Å². The number of hydrogen-bond donors (Lipinski definition) is 2. The van der Waals surface area contributed by atoms with Crippen molar-refractivity contribution in [3.05, 3.63) is 72.8 Å². The molecule has 0 aromatic heterocycles. The predicted molar refractivity (Wildman–Crippen MR) is 94.6 cm³/mol. The Labute approximate surface area is 138 Å². The molecule has 0 aliphatic carbocycles. The van der Waals surface area contributed by atoms with E-state index in [1.807, 2.05) is 20.8 Å². The van der Waals surface area contributed by atoms with E-state index in [0.29, 0.717) is 5.70 Å². The summed E-state index contributed by atoms with van der Waals surface area (Å²) in [5, 5.41) is 12.1. The van der Waals surface area contributed by atoms with E-state index in [0.717, 1.165) is 11.6 Å². The fraction of sp³-hybridized carbons (Fsp3) is 0.316. The first-order valence-corrected chi connectivity index (χ1v) is 7.24. The molecule has 0 fully saturated rings. The molecule has 1 atom stereocenters. The third-order valence-corrected chi connectivity index (χ3v) is 3.18. The number of halogens is 1. The summed E-state index contributed by atoms with van der Waals surface area (Å²) in [5.74, 6) is -1.68. The Hall–Kier alpha value is -2.36. The normalized spacial score (nSPS) is 14.5. The summed E-state index contributed by atoms with van der Waals surface area (Å²) in [6, 6.07) is -1.14. The van der Waals surface area contributed by atoms with Gasteiger partial charge in [0.15, 0.2) is 6.04 Å². The van der Waals surface area contributed by atoms with Crippen molar-refractivity contribution in [2.24, 2.45) is 5.41 Å². The number of carbonyl (C=O) groups is 1. The summed E-state index contributed by atoms with van der Waals surface area (Å²) >= 11 is 0. The standard InChI is InChI=1S/C19H26FNO2/c1-8-15(12-16(20)9-2)17(18(22)23)21-14(4)11-10-13(3)19(5,6)7/h8-12,17,21H,1,3-4H2,2,5-7H3,(H,22,23)/b11-10-,15-12+,16-9+. The van der Waals surface area contributed by atoms with Crippen LogP contribution in [0.25, 0.3) is 0 Å². The molecule has 0 aliphatic rings. The zero-order chi connectivity index (χ0) is 18.2. The van der Waals surface area contributed by atoms with Crippen molar-refractivity contribution in [1.82, 2.24) is 5.32 Å². The molecule has 0 saturated carbocycles. The minimum absolute atomic E-state index is 0.0930. The molecular weight excluding hydrogens is 293 g/mol. The number of rotatable bonds is 8. The van der Waals surface area contributed by atoms with E-state index < -0.39 is 17.8 Å². The lowest BCUT2D eigenvalue weighted by Crippen LogP contribution is -2.36. The summed E-state index contributed by atoms with van der Waals surface area (Å²) in [6.07, 6.45) is 7.10. The highest BCUT2D eigenvalue weighted by Crippen LogP contribution is 2.24. The van der Waals surface area contributed by atoms with Gasteiger partial charge in [-0.05, 0) is 35.6 Å². The first kappa shape index (κ1) is 20.6. The Balaban J connectivity index is 5.24. The summed E-state index contributed by atoms with van der Waals surface area (Å²) in [6.45, 7) is 18.9. The molecule has 2 N–H and O–H groups in total. The van der Waals surface area contributed by atoms with Crippen molar-refractivity contribution in [3.63, 3.8) is 0 Å². The number of aliphatic carboxylic acids is 1. The van der Waals surface area contributed by atoms with E-state index in [4.69, 9.17) is 0 Å². The van der Waals surface area contributed by atoms with Gasteiger partial charge in [-0.25, -0.2) is 9.18 Å². The maximum Gasteiger partial charge on any atom is 0.330 e. The topological polar surface area (TPSA) is 49.3 Å². The highest BCUT2D eigenvalue weighted by molar-refractivity contribution is 5.79.